The van der Waals surface area contributed by atoms with Crippen molar-refractivity contribution in [1.82, 2.24) is 4.90 Å². The molecule has 2 aliphatic heterocycles. The van der Waals surface area contributed by atoms with E-state index in [1.54, 1.807) is 0 Å². The Labute approximate surface area is 121 Å². The minimum Gasteiger partial charge on any atom is -0.374 e. The molecular formula is C15H28N2OS. The van der Waals surface area contributed by atoms with E-state index in [1.165, 1.54) is 56.5 Å². The molecule has 0 amide bonds. The van der Waals surface area contributed by atoms with Crippen LogP contribution >= 0.6 is 11.8 Å². The summed E-state index contributed by atoms with van der Waals surface area (Å²) in [5.74, 6) is 2.50. The predicted molar refractivity (Wildman–Crippen MR) is 81.7 cm³/mol. The van der Waals surface area contributed by atoms with E-state index in [0.29, 0.717) is 0 Å². The summed E-state index contributed by atoms with van der Waals surface area (Å²) in [6.07, 6.45) is 9.32. The molecule has 1 aliphatic carbocycles. The van der Waals surface area contributed by atoms with E-state index in [9.17, 15) is 0 Å². The summed E-state index contributed by atoms with van der Waals surface area (Å²) in [6.45, 7) is 2.84. The van der Waals surface area contributed by atoms with Gasteiger partial charge >= 0.3 is 0 Å². The van der Waals surface area contributed by atoms with Crippen LogP contribution in [0.4, 0.5) is 0 Å². The molecule has 3 rings (SSSR count). The molecule has 2 heterocycles. The SMILES string of the molecule is NCCN(C1CCCC1)C1CCOC2(CCSC2)C1. The van der Waals surface area contributed by atoms with Crippen LogP contribution < -0.4 is 5.73 Å². The second kappa shape index (κ2) is 6.33. The second-order valence-electron chi connectivity index (χ2n) is 6.45. The van der Waals surface area contributed by atoms with E-state index >= 15 is 0 Å². The van der Waals surface area contributed by atoms with E-state index in [-0.39, 0.29) is 5.60 Å². The van der Waals surface area contributed by atoms with Gasteiger partial charge in [-0.15, -0.1) is 0 Å². The molecular weight excluding hydrogens is 256 g/mol. The third kappa shape index (κ3) is 3.12. The fourth-order valence-electron chi connectivity index (χ4n) is 4.20. The van der Waals surface area contributed by atoms with Gasteiger partial charge in [-0.05, 0) is 37.9 Å². The first-order valence-corrected chi connectivity index (χ1v) is 9.16. The summed E-state index contributed by atoms with van der Waals surface area (Å²) in [5, 5.41) is 0. The monoisotopic (exact) mass is 284 g/mol. The van der Waals surface area contributed by atoms with Crippen LogP contribution in [0.15, 0.2) is 0 Å². The topological polar surface area (TPSA) is 38.5 Å². The van der Waals surface area contributed by atoms with Crippen molar-refractivity contribution in [2.24, 2.45) is 5.73 Å². The highest BCUT2D eigenvalue weighted by molar-refractivity contribution is 7.99. The van der Waals surface area contributed by atoms with Crippen molar-refractivity contribution in [3.63, 3.8) is 0 Å². The van der Waals surface area contributed by atoms with Crippen LogP contribution in [-0.2, 0) is 4.74 Å². The summed E-state index contributed by atoms with van der Waals surface area (Å²) in [7, 11) is 0. The molecule has 0 aromatic carbocycles. The maximum Gasteiger partial charge on any atom is 0.0795 e. The Kier molecular flexibility index (Phi) is 4.73. The molecule has 3 nitrogen and oxygen atoms in total. The van der Waals surface area contributed by atoms with Crippen LogP contribution in [0.1, 0.15) is 44.9 Å². The zero-order chi connectivity index (χ0) is 13.1. The van der Waals surface area contributed by atoms with Gasteiger partial charge in [0.2, 0.25) is 0 Å². The quantitative estimate of drug-likeness (QED) is 0.859. The Bertz CT molecular complexity index is 288. The van der Waals surface area contributed by atoms with Gasteiger partial charge in [-0.1, -0.05) is 12.8 Å². The normalized spacial score (nSPS) is 36.6. The van der Waals surface area contributed by atoms with Crippen molar-refractivity contribution in [1.29, 1.82) is 0 Å². The van der Waals surface area contributed by atoms with Gasteiger partial charge in [0.25, 0.3) is 0 Å². The maximum atomic E-state index is 6.17. The molecule has 4 heteroatoms. The van der Waals surface area contributed by atoms with Crippen molar-refractivity contribution >= 4 is 11.8 Å². The number of rotatable bonds is 4. The van der Waals surface area contributed by atoms with E-state index in [0.717, 1.165) is 31.8 Å². The average molecular weight is 284 g/mol. The number of nitrogens with zero attached hydrogens (tertiary/aromatic N) is 1. The molecule has 0 radical (unpaired) electrons. The fraction of sp³-hybridized carbons (Fsp3) is 1.00. The van der Waals surface area contributed by atoms with Crippen LogP contribution in [0.25, 0.3) is 0 Å². The summed E-state index contributed by atoms with van der Waals surface area (Å²) >= 11 is 2.07. The lowest BCUT2D eigenvalue weighted by Gasteiger charge is -2.44. The second-order valence-corrected chi connectivity index (χ2v) is 7.55. The van der Waals surface area contributed by atoms with E-state index < -0.39 is 0 Å². The number of ether oxygens (including phenoxy) is 1. The number of thioether (sulfide) groups is 1. The molecule has 2 atom stereocenters. The zero-order valence-electron chi connectivity index (χ0n) is 12.0. The van der Waals surface area contributed by atoms with Crippen LogP contribution in [0.5, 0.6) is 0 Å². The van der Waals surface area contributed by atoms with Crippen LogP contribution in [-0.4, -0.2) is 53.8 Å². The third-order valence-electron chi connectivity index (χ3n) is 5.18. The van der Waals surface area contributed by atoms with Crippen molar-refractivity contribution in [3.05, 3.63) is 0 Å². The smallest absolute Gasteiger partial charge is 0.0795 e. The molecule has 1 spiro atoms. The lowest BCUT2D eigenvalue weighted by molar-refractivity contribution is -0.0945. The molecule has 3 fully saturated rings. The molecule has 110 valence electrons. The first-order valence-electron chi connectivity index (χ1n) is 8.00. The Morgan fingerprint density at radius 2 is 2.05 bits per heavy atom. The van der Waals surface area contributed by atoms with Crippen molar-refractivity contribution in [2.75, 3.05) is 31.2 Å². The number of hydrogen-bond donors (Lipinski definition) is 1. The molecule has 19 heavy (non-hydrogen) atoms. The van der Waals surface area contributed by atoms with Gasteiger partial charge in [-0.3, -0.25) is 4.90 Å². The van der Waals surface area contributed by atoms with Crippen molar-refractivity contribution in [3.8, 4) is 0 Å². The first kappa shape index (κ1) is 14.2. The molecule has 2 saturated heterocycles. The van der Waals surface area contributed by atoms with Crippen molar-refractivity contribution in [2.45, 2.75) is 62.6 Å². The predicted octanol–water partition coefficient (Wildman–Crippen LogP) is 2.24. The Morgan fingerprint density at radius 3 is 2.74 bits per heavy atom. The van der Waals surface area contributed by atoms with E-state index in [2.05, 4.69) is 16.7 Å². The third-order valence-corrected chi connectivity index (χ3v) is 6.41. The summed E-state index contributed by atoms with van der Waals surface area (Å²) in [5.41, 5.74) is 6.08. The lowest BCUT2D eigenvalue weighted by atomic mass is 9.88. The molecule has 0 aromatic heterocycles. The highest BCUT2D eigenvalue weighted by Crippen LogP contribution is 2.40. The zero-order valence-corrected chi connectivity index (χ0v) is 12.8. The van der Waals surface area contributed by atoms with Crippen LogP contribution in [0, 0.1) is 0 Å². The van der Waals surface area contributed by atoms with Gasteiger partial charge in [0.1, 0.15) is 0 Å². The van der Waals surface area contributed by atoms with Gasteiger partial charge in [0.15, 0.2) is 0 Å². The van der Waals surface area contributed by atoms with Gasteiger partial charge in [0.05, 0.1) is 5.60 Å². The average Bonchev–Trinajstić information content (AvgIpc) is 3.08. The maximum absolute atomic E-state index is 6.17. The van der Waals surface area contributed by atoms with Gasteiger partial charge in [-0.25, -0.2) is 0 Å². The number of hydrogen-bond acceptors (Lipinski definition) is 4. The lowest BCUT2D eigenvalue weighted by Crippen LogP contribution is -2.52. The van der Waals surface area contributed by atoms with Crippen molar-refractivity contribution < 1.29 is 4.74 Å². The molecule has 2 unspecified atom stereocenters. The molecule has 3 aliphatic rings. The molecule has 2 N–H and O–H groups in total. The minimum absolute atomic E-state index is 0.207. The Hall–Kier alpha value is 0.230. The van der Waals surface area contributed by atoms with Gasteiger partial charge < -0.3 is 10.5 Å². The summed E-state index contributed by atoms with van der Waals surface area (Å²) in [6, 6.07) is 1.52. The van der Waals surface area contributed by atoms with Gasteiger partial charge in [0, 0.05) is 37.5 Å². The molecule has 0 aromatic rings. The highest BCUT2D eigenvalue weighted by Gasteiger charge is 2.43. The Balaban J connectivity index is 1.66. The standard InChI is InChI=1S/C15H28N2OS/c16-7-8-17(13-3-1-2-4-13)14-5-9-18-15(11-14)6-10-19-12-15/h13-14H,1-12,16H2. The molecule has 0 bridgehead atoms. The van der Waals surface area contributed by atoms with Crippen LogP contribution in [0.2, 0.25) is 0 Å². The fourth-order valence-corrected chi connectivity index (χ4v) is 5.57. The summed E-state index contributed by atoms with van der Waals surface area (Å²) in [4.78, 5) is 2.75. The van der Waals surface area contributed by atoms with E-state index in [1.807, 2.05) is 0 Å². The number of nitrogens with two attached hydrogens (primary N) is 1. The largest absolute Gasteiger partial charge is 0.374 e. The Morgan fingerprint density at radius 1 is 1.21 bits per heavy atom. The first-order chi connectivity index (χ1) is 9.33. The van der Waals surface area contributed by atoms with Crippen LogP contribution in [0.3, 0.4) is 0 Å². The van der Waals surface area contributed by atoms with E-state index in [4.69, 9.17) is 10.5 Å². The molecule has 1 saturated carbocycles. The highest BCUT2D eigenvalue weighted by atomic mass is 32.2. The minimum atomic E-state index is 0.207. The summed E-state index contributed by atoms with van der Waals surface area (Å²) < 4.78 is 6.17. The van der Waals surface area contributed by atoms with Gasteiger partial charge in [-0.2, -0.15) is 11.8 Å².